The van der Waals surface area contributed by atoms with Crippen molar-refractivity contribution in [2.75, 3.05) is 13.2 Å². The molecular weight excluding hydrogens is 272 g/mol. The van der Waals surface area contributed by atoms with Crippen molar-refractivity contribution in [3.63, 3.8) is 0 Å². The van der Waals surface area contributed by atoms with Crippen LogP contribution in [0.1, 0.15) is 38.8 Å². The normalized spacial score (nSPS) is 14.8. The van der Waals surface area contributed by atoms with E-state index in [9.17, 15) is 0 Å². The van der Waals surface area contributed by atoms with E-state index >= 15 is 0 Å². The number of fused-ring (bicyclic) bond motifs is 1. The molecule has 4 nitrogen and oxygen atoms in total. The Bertz CT molecular complexity index is 477. The summed E-state index contributed by atoms with van der Waals surface area (Å²) in [6.45, 7) is 7.49. The molecule has 1 aliphatic heterocycles. The average Bonchev–Trinajstić information content (AvgIpc) is 2.43. The molecular formula is C15H22N2O2S. The minimum atomic E-state index is 0.171. The standard InChI is InChI=1S/C15H22N2O2S/c1-4-12(17-15(20)16-10(2)3)11-5-6-13-14(9-11)19-8-7-18-13/h5-6,9-10,12H,4,7-8H2,1-3H3,(H2,16,17,20)/t12-/m0/s1. The zero-order chi connectivity index (χ0) is 14.5. The zero-order valence-corrected chi connectivity index (χ0v) is 13.0. The van der Waals surface area contributed by atoms with Gasteiger partial charge in [0.2, 0.25) is 0 Å². The van der Waals surface area contributed by atoms with Gasteiger partial charge in [-0.1, -0.05) is 13.0 Å². The molecule has 0 saturated carbocycles. The van der Waals surface area contributed by atoms with Crippen LogP contribution in [-0.4, -0.2) is 24.4 Å². The Morgan fingerprint density at radius 1 is 1.20 bits per heavy atom. The molecule has 0 radical (unpaired) electrons. The molecule has 5 heteroatoms. The molecule has 0 aromatic heterocycles. The Hall–Kier alpha value is -1.49. The quantitative estimate of drug-likeness (QED) is 0.836. The van der Waals surface area contributed by atoms with Crippen molar-refractivity contribution in [3.05, 3.63) is 23.8 Å². The molecule has 0 bridgehead atoms. The fourth-order valence-electron chi connectivity index (χ4n) is 2.16. The first-order valence-electron chi connectivity index (χ1n) is 7.06. The number of hydrogen-bond donors (Lipinski definition) is 2. The van der Waals surface area contributed by atoms with E-state index in [0.29, 0.717) is 24.4 Å². The predicted molar refractivity (Wildman–Crippen MR) is 84.5 cm³/mol. The van der Waals surface area contributed by atoms with Crippen molar-refractivity contribution in [3.8, 4) is 11.5 Å². The topological polar surface area (TPSA) is 42.5 Å². The van der Waals surface area contributed by atoms with Gasteiger partial charge in [-0.25, -0.2) is 0 Å². The fourth-order valence-corrected chi connectivity index (χ4v) is 2.54. The Kier molecular flexibility index (Phi) is 5.06. The van der Waals surface area contributed by atoms with Gasteiger partial charge in [0.15, 0.2) is 16.6 Å². The number of hydrogen-bond acceptors (Lipinski definition) is 3. The summed E-state index contributed by atoms with van der Waals surface area (Å²) in [5, 5.41) is 7.23. The first-order chi connectivity index (χ1) is 9.60. The molecule has 0 fully saturated rings. The summed E-state index contributed by atoms with van der Waals surface area (Å²) in [5.41, 5.74) is 1.16. The largest absolute Gasteiger partial charge is 0.486 e. The maximum atomic E-state index is 5.63. The minimum absolute atomic E-state index is 0.171. The molecule has 20 heavy (non-hydrogen) atoms. The Morgan fingerprint density at radius 3 is 2.55 bits per heavy atom. The highest BCUT2D eigenvalue weighted by Crippen LogP contribution is 2.33. The van der Waals surface area contributed by atoms with Crippen molar-refractivity contribution in [2.45, 2.75) is 39.3 Å². The number of nitrogens with one attached hydrogen (secondary N) is 2. The summed E-state index contributed by atoms with van der Waals surface area (Å²) >= 11 is 5.32. The van der Waals surface area contributed by atoms with Crippen molar-refractivity contribution < 1.29 is 9.47 Å². The fraction of sp³-hybridized carbons (Fsp3) is 0.533. The summed E-state index contributed by atoms with van der Waals surface area (Å²) in [6, 6.07) is 6.56. The van der Waals surface area contributed by atoms with Gasteiger partial charge in [0.25, 0.3) is 0 Å². The van der Waals surface area contributed by atoms with Crippen LogP contribution in [0.2, 0.25) is 0 Å². The Labute approximate surface area is 125 Å². The lowest BCUT2D eigenvalue weighted by Crippen LogP contribution is -2.40. The molecule has 0 amide bonds. The molecule has 1 heterocycles. The van der Waals surface area contributed by atoms with Crippen molar-refractivity contribution >= 4 is 17.3 Å². The van der Waals surface area contributed by atoms with Gasteiger partial charge < -0.3 is 20.1 Å². The van der Waals surface area contributed by atoms with E-state index in [-0.39, 0.29) is 6.04 Å². The smallest absolute Gasteiger partial charge is 0.166 e. The van der Waals surface area contributed by atoms with Crippen molar-refractivity contribution in [1.29, 1.82) is 0 Å². The van der Waals surface area contributed by atoms with Gasteiger partial charge >= 0.3 is 0 Å². The highest BCUT2D eigenvalue weighted by Gasteiger charge is 2.16. The van der Waals surface area contributed by atoms with Gasteiger partial charge in [0.1, 0.15) is 13.2 Å². The van der Waals surface area contributed by atoms with E-state index in [2.05, 4.69) is 37.5 Å². The molecule has 0 spiro atoms. The van der Waals surface area contributed by atoms with Gasteiger partial charge in [-0.3, -0.25) is 0 Å². The van der Waals surface area contributed by atoms with Gasteiger partial charge in [-0.15, -0.1) is 0 Å². The highest BCUT2D eigenvalue weighted by atomic mass is 32.1. The van der Waals surface area contributed by atoms with E-state index in [1.165, 1.54) is 0 Å². The Balaban J connectivity index is 2.09. The molecule has 0 aliphatic carbocycles. The van der Waals surface area contributed by atoms with Crippen LogP contribution in [0.3, 0.4) is 0 Å². The summed E-state index contributed by atoms with van der Waals surface area (Å²) in [5.74, 6) is 1.63. The second kappa shape index (κ2) is 6.79. The lowest BCUT2D eigenvalue weighted by molar-refractivity contribution is 0.171. The second-order valence-electron chi connectivity index (χ2n) is 5.14. The second-order valence-corrected chi connectivity index (χ2v) is 5.54. The Morgan fingerprint density at radius 2 is 1.90 bits per heavy atom. The molecule has 0 unspecified atom stereocenters. The van der Waals surface area contributed by atoms with Crippen molar-refractivity contribution in [1.82, 2.24) is 10.6 Å². The third kappa shape index (κ3) is 3.76. The van der Waals surface area contributed by atoms with E-state index in [4.69, 9.17) is 21.7 Å². The lowest BCUT2D eigenvalue weighted by Gasteiger charge is -2.24. The summed E-state index contributed by atoms with van der Waals surface area (Å²) in [7, 11) is 0. The van der Waals surface area contributed by atoms with E-state index in [1.54, 1.807) is 0 Å². The van der Waals surface area contributed by atoms with Crippen LogP contribution in [0.5, 0.6) is 11.5 Å². The van der Waals surface area contributed by atoms with Crippen LogP contribution < -0.4 is 20.1 Å². The van der Waals surface area contributed by atoms with Crippen LogP contribution in [-0.2, 0) is 0 Å². The monoisotopic (exact) mass is 294 g/mol. The third-order valence-corrected chi connectivity index (χ3v) is 3.34. The average molecular weight is 294 g/mol. The minimum Gasteiger partial charge on any atom is -0.486 e. The van der Waals surface area contributed by atoms with Crippen LogP contribution in [0.4, 0.5) is 0 Å². The molecule has 1 aliphatic rings. The predicted octanol–water partition coefficient (Wildman–Crippen LogP) is 2.78. The maximum absolute atomic E-state index is 5.63. The molecule has 2 rings (SSSR count). The van der Waals surface area contributed by atoms with Gasteiger partial charge in [0, 0.05) is 6.04 Å². The molecule has 1 aromatic rings. The first-order valence-corrected chi connectivity index (χ1v) is 7.47. The first kappa shape index (κ1) is 14.9. The van der Waals surface area contributed by atoms with E-state index in [1.807, 2.05) is 12.1 Å². The molecule has 2 N–H and O–H groups in total. The zero-order valence-electron chi connectivity index (χ0n) is 12.2. The maximum Gasteiger partial charge on any atom is 0.166 e. The summed E-state index contributed by atoms with van der Waals surface area (Å²) in [6.07, 6.45) is 0.944. The van der Waals surface area contributed by atoms with Crippen LogP contribution >= 0.6 is 12.2 Å². The van der Waals surface area contributed by atoms with Crippen molar-refractivity contribution in [2.24, 2.45) is 0 Å². The van der Waals surface area contributed by atoms with Gasteiger partial charge in [-0.2, -0.15) is 0 Å². The van der Waals surface area contributed by atoms with Gasteiger partial charge in [-0.05, 0) is 50.2 Å². The highest BCUT2D eigenvalue weighted by molar-refractivity contribution is 7.80. The number of thiocarbonyl (C=S) groups is 1. The van der Waals surface area contributed by atoms with Gasteiger partial charge in [0.05, 0.1) is 6.04 Å². The molecule has 1 aromatic carbocycles. The molecule has 110 valence electrons. The third-order valence-electron chi connectivity index (χ3n) is 3.10. The SMILES string of the molecule is CC[C@H](NC(=S)NC(C)C)c1ccc2c(c1)OCCO2. The number of benzene rings is 1. The van der Waals surface area contributed by atoms with E-state index in [0.717, 1.165) is 23.5 Å². The van der Waals surface area contributed by atoms with Crippen LogP contribution in [0.25, 0.3) is 0 Å². The van der Waals surface area contributed by atoms with Crippen LogP contribution in [0.15, 0.2) is 18.2 Å². The van der Waals surface area contributed by atoms with Crippen LogP contribution in [0, 0.1) is 0 Å². The lowest BCUT2D eigenvalue weighted by atomic mass is 10.0. The number of rotatable bonds is 4. The molecule has 1 atom stereocenters. The number of ether oxygens (including phenoxy) is 2. The summed E-state index contributed by atoms with van der Waals surface area (Å²) < 4.78 is 11.2. The molecule has 0 saturated heterocycles. The van der Waals surface area contributed by atoms with E-state index < -0.39 is 0 Å². The summed E-state index contributed by atoms with van der Waals surface area (Å²) in [4.78, 5) is 0.